The normalized spacial score (nSPS) is 15.1. The highest BCUT2D eigenvalue weighted by Gasteiger charge is 2.25. The SMILES string of the molecule is Cc1ccc(CCCCC(=O)NCc2cccc(S(=O)(=O)N3CCCCC3)c2)cc1. The Labute approximate surface area is 180 Å². The number of carbonyl (C=O) groups excluding carboxylic acids is 1. The molecule has 162 valence electrons. The standard InChI is InChI=1S/C24H32N2O3S/c1-20-12-14-21(15-13-20)8-3-4-11-24(27)25-19-22-9-7-10-23(18-22)30(28,29)26-16-5-2-6-17-26/h7,9-10,12-15,18H,2-6,8,11,16-17,19H2,1H3,(H,25,27). The van der Waals surface area contributed by atoms with E-state index in [0.29, 0.717) is 31.0 Å². The predicted octanol–water partition coefficient (Wildman–Crippen LogP) is 4.20. The van der Waals surface area contributed by atoms with E-state index in [1.54, 1.807) is 22.5 Å². The number of hydrogen-bond acceptors (Lipinski definition) is 3. The molecule has 1 fully saturated rings. The van der Waals surface area contributed by atoms with Crippen LogP contribution in [-0.4, -0.2) is 31.7 Å². The van der Waals surface area contributed by atoms with Gasteiger partial charge in [-0.1, -0.05) is 48.4 Å². The highest BCUT2D eigenvalue weighted by Crippen LogP contribution is 2.21. The smallest absolute Gasteiger partial charge is 0.243 e. The predicted molar refractivity (Wildman–Crippen MR) is 120 cm³/mol. The topological polar surface area (TPSA) is 66.5 Å². The molecule has 1 aliphatic heterocycles. The minimum Gasteiger partial charge on any atom is -0.352 e. The molecule has 1 N–H and O–H groups in total. The molecular formula is C24H32N2O3S. The highest BCUT2D eigenvalue weighted by atomic mass is 32.2. The third kappa shape index (κ3) is 6.41. The number of nitrogens with one attached hydrogen (secondary N) is 1. The number of amides is 1. The lowest BCUT2D eigenvalue weighted by Crippen LogP contribution is -2.35. The number of aryl methyl sites for hydroxylation is 2. The molecule has 2 aromatic rings. The van der Waals surface area contributed by atoms with Gasteiger partial charge in [0.2, 0.25) is 15.9 Å². The van der Waals surface area contributed by atoms with Crippen molar-refractivity contribution < 1.29 is 13.2 Å². The lowest BCUT2D eigenvalue weighted by atomic mass is 10.1. The monoisotopic (exact) mass is 428 g/mol. The van der Waals surface area contributed by atoms with Gasteiger partial charge in [-0.3, -0.25) is 4.79 Å². The van der Waals surface area contributed by atoms with Gasteiger partial charge in [0.15, 0.2) is 0 Å². The van der Waals surface area contributed by atoms with Crippen LogP contribution in [0.4, 0.5) is 0 Å². The van der Waals surface area contributed by atoms with Gasteiger partial charge in [0.1, 0.15) is 0 Å². The zero-order chi connectivity index (χ0) is 21.4. The number of nitrogens with zero attached hydrogens (tertiary/aromatic N) is 1. The number of sulfonamides is 1. The number of benzene rings is 2. The van der Waals surface area contributed by atoms with E-state index in [9.17, 15) is 13.2 Å². The molecule has 5 nitrogen and oxygen atoms in total. The van der Waals surface area contributed by atoms with E-state index in [0.717, 1.165) is 44.1 Å². The molecule has 0 spiro atoms. The lowest BCUT2D eigenvalue weighted by Gasteiger charge is -2.26. The van der Waals surface area contributed by atoms with Gasteiger partial charge in [-0.25, -0.2) is 8.42 Å². The van der Waals surface area contributed by atoms with E-state index in [4.69, 9.17) is 0 Å². The lowest BCUT2D eigenvalue weighted by molar-refractivity contribution is -0.121. The molecule has 0 radical (unpaired) electrons. The number of piperidine rings is 1. The quantitative estimate of drug-likeness (QED) is 0.609. The summed E-state index contributed by atoms with van der Waals surface area (Å²) in [6.07, 6.45) is 6.19. The summed E-state index contributed by atoms with van der Waals surface area (Å²) in [6.45, 7) is 3.60. The Kier molecular flexibility index (Phi) is 8.05. The molecule has 1 amide bonds. The zero-order valence-electron chi connectivity index (χ0n) is 17.8. The van der Waals surface area contributed by atoms with Crippen LogP contribution in [0.5, 0.6) is 0 Å². The first-order valence-electron chi connectivity index (χ1n) is 10.9. The number of carbonyl (C=O) groups is 1. The van der Waals surface area contributed by atoms with Crippen molar-refractivity contribution in [1.29, 1.82) is 0 Å². The second-order valence-electron chi connectivity index (χ2n) is 8.08. The first-order chi connectivity index (χ1) is 14.4. The van der Waals surface area contributed by atoms with Crippen LogP contribution < -0.4 is 5.32 Å². The van der Waals surface area contributed by atoms with Crippen LogP contribution in [0, 0.1) is 6.92 Å². The van der Waals surface area contributed by atoms with Gasteiger partial charge in [-0.15, -0.1) is 0 Å². The fourth-order valence-electron chi connectivity index (χ4n) is 3.73. The Balaban J connectivity index is 1.44. The van der Waals surface area contributed by atoms with Crippen molar-refractivity contribution in [2.75, 3.05) is 13.1 Å². The van der Waals surface area contributed by atoms with Crippen molar-refractivity contribution in [2.24, 2.45) is 0 Å². The molecule has 30 heavy (non-hydrogen) atoms. The van der Waals surface area contributed by atoms with E-state index in [1.165, 1.54) is 11.1 Å². The van der Waals surface area contributed by atoms with Crippen LogP contribution in [0.15, 0.2) is 53.4 Å². The van der Waals surface area contributed by atoms with Gasteiger partial charge < -0.3 is 5.32 Å². The van der Waals surface area contributed by atoms with Crippen molar-refractivity contribution in [3.05, 3.63) is 65.2 Å². The summed E-state index contributed by atoms with van der Waals surface area (Å²) in [4.78, 5) is 12.5. The van der Waals surface area contributed by atoms with Crippen LogP contribution in [0.25, 0.3) is 0 Å². The van der Waals surface area contributed by atoms with Gasteiger partial charge in [0.25, 0.3) is 0 Å². The molecule has 1 heterocycles. The van der Waals surface area contributed by atoms with Crippen LogP contribution >= 0.6 is 0 Å². The summed E-state index contributed by atoms with van der Waals surface area (Å²) < 4.78 is 27.2. The molecule has 0 aromatic heterocycles. The fraction of sp³-hybridized carbons (Fsp3) is 0.458. The third-order valence-corrected chi connectivity index (χ3v) is 7.48. The van der Waals surface area contributed by atoms with Crippen molar-refractivity contribution in [2.45, 2.75) is 63.3 Å². The Morgan fingerprint density at radius 1 is 0.967 bits per heavy atom. The van der Waals surface area contributed by atoms with Gasteiger partial charge >= 0.3 is 0 Å². The number of unbranched alkanes of at least 4 members (excludes halogenated alkanes) is 1. The van der Waals surface area contributed by atoms with E-state index in [2.05, 4.69) is 36.5 Å². The van der Waals surface area contributed by atoms with Gasteiger partial charge in [-0.2, -0.15) is 4.31 Å². The Morgan fingerprint density at radius 2 is 1.70 bits per heavy atom. The second kappa shape index (κ2) is 10.7. The molecular weight excluding hydrogens is 396 g/mol. The summed E-state index contributed by atoms with van der Waals surface area (Å²) in [7, 11) is -3.45. The summed E-state index contributed by atoms with van der Waals surface area (Å²) >= 11 is 0. The van der Waals surface area contributed by atoms with Gasteiger partial charge in [0.05, 0.1) is 4.90 Å². The average Bonchev–Trinajstić information content (AvgIpc) is 2.77. The number of hydrogen-bond donors (Lipinski definition) is 1. The zero-order valence-corrected chi connectivity index (χ0v) is 18.6. The summed E-state index contributed by atoms with van der Waals surface area (Å²) in [5, 5.41) is 2.92. The molecule has 2 aromatic carbocycles. The van der Waals surface area contributed by atoms with E-state index < -0.39 is 10.0 Å². The van der Waals surface area contributed by atoms with Gasteiger partial charge in [-0.05, 0) is 62.3 Å². The van der Waals surface area contributed by atoms with Crippen molar-refractivity contribution in [3.63, 3.8) is 0 Å². The van der Waals surface area contributed by atoms with Crippen molar-refractivity contribution >= 4 is 15.9 Å². The summed E-state index contributed by atoms with van der Waals surface area (Å²) in [6, 6.07) is 15.4. The highest BCUT2D eigenvalue weighted by molar-refractivity contribution is 7.89. The molecule has 0 atom stereocenters. The fourth-order valence-corrected chi connectivity index (χ4v) is 5.32. The molecule has 1 aliphatic rings. The van der Waals surface area contributed by atoms with Crippen LogP contribution in [0.1, 0.15) is 55.2 Å². The summed E-state index contributed by atoms with van der Waals surface area (Å²) in [5.41, 5.74) is 3.36. The van der Waals surface area contributed by atoms with E-state index in [1.807, 2.05) is 6.07 Å². The minimum atomic E-state index is -3.45. The average molecular weight is 429 g/mol. The maximum absolute atomic E-state index is 12.8. The van der Waals surface area contributed by atoms with Crippen molar-refractivity contribution in [1.82, 2.24) is 9.62 Å². The first kappa shape index (κ1) is 22.5. The molecule has 1 saturated heterocycles. The Morgan fingerprint density at radius 3 is 2.43 bits per heavy atom. The van der Waals surface area contributed by atoms with Gasteiger partial charge in [0, 0.05) is 26.1 Å². The second-order valence-corrected chi connectivity index (χ2v) is 10.0. The maximum atomic E-state index is 12.8. The van der Waals surface area contributed by atoms with Crippen LogP contribution in [-0.2, 0) is 27.8 Å². The van der Waals surface area contributed by atoms with Crippen LogP contribution in [0.2, 0.25) is 0 Å². The third-order valence-electron chi connectivity index (χ3n) is 5.58. The minimum absolute atomic E-state index is 0.00296. The van der Waals surface area contributed by atoms with E-state index >= 15 is 0 Å². The maximum Gasteiger partial charge on any atom is 0.243 e. The Bertz CT molecular complexity index is 933. The molecule has 6 heteroatoms. The summed E-state index contributed by atoms with van der Waals surface area (Å²) in [5.74, 6) is 0.00296. The van der Waals surface area contributed by atoms with E-state index in [-0.39, 0.29) is 5.91 Å². The number of rotatable bonds is 9. The van der Waals surface area contributed by atoms with Crippen molar-refractivity contribution in [3.8, 4) is 0 Å². The van der Waals surface area contributed by atoms with Crippen LogP contribution in [0.3, 0.4) is 0 Å². The molecule has 0 bridgehead atoms. The molecule has 0 aliphatic carbocycles. The largest absolute Gasteiger partial charge is 0.352 e. The Hall–Kier alpha value is -2.18. The molecule has 0 saturated carbocycles. The molecule has 0 unspecified atom stereocenters. The molecule has 3 rings (SSSR count). The first-order valence-corrected chi connectivity index (χ1v) is 12.3.